The van der Waals surface area contributed by atoms with Gasteiger partial charge in [-0.1, -0.05) is 35.5 Å². The fraction of sp³-hybridized carbons (Fsp3) is 0.240. The lowest BCUT2D eigenvalue weighted by molar-refractivity contribution is -0.127. The van der Waals surface area contributed by atoms with Crippen molar-refractivity contribution in [1.82, 2.24) is 19.7 Å². The zero-order chi connectivity index (χ0) is 24.1. The molecule has 9 heteroatoms. The van der Waals surface area contributed by atoms with Crippen LogP contribution in [0.2, 0.25) is 5.02 Å². The van der Waals surface area contributed by atoms with Crippen LogP contribution >= 0.6 is 23.4 Å². The number of aromatic nitrogens is 3. The summed E-state index contributed by atoms with van der Waals surface area (Å²) in [6.45, 7) is 3.07. The third-order valence-electron chi connectivity index (χ3n) is 5.31. The summed E-state index contributed by atoms with van der Waals surface area (Å²) in [5, 5.41) is 10.0. The Balaban J connectivity index is 1.39. The van der Waals surface area contributed by atoms with Crippen molar-refractivity contribution < 1.29 is 13.9 Å². The van der Waals surface area contributed by atoms with E-state index in [9.17, 15) is 4.79 Å². The van der Waals surface area contributed by atoms with Crippen LogP contribution in [0.4, 0.5) is 0 Å². The third-order valence-corrected chi connectivity index (χ3v) is 6.52. The largest absolute Gasteiger partial charge is 0.496 e. The van der Waals surface area contributed by atoms with Crippen LogP contribution in [0.3, 0.4) is 0 Å². The number of thioether (sulfide) groups is 1. The third kappa shape index (κ3) is 5.29. The molecule has 0 bridgehead atoms. The second-order valence-corrected chi connectivity index (χ2v) is 8.94. The first-order valence-electron chi connectivity index (χ1n) is 10.8. The van der Waals surface area contributed by atoms with Crippen molar-refractivity contribution in [3.8, 4) is 28.5 Å². The summed E-state index contributed by atoms with van der Waals surface area (Å²) in [5.74, 6) is 3.11. The number of para-hydroxylation sites is 1. The Morgan fingerprint density at radius 2 is 1.88 bits per heavy atom. The summed E-state index contributed by atoms with van der Waals surface area (Å²) in [6, 6.07) is 18.9. The number of hydrogen-bond donors (Lipinski definition) is 0. The van der Waals surface area contributed by atoms with E-state index in [1.54, 1.807) is 19.1 Å². The summed E-state index contributed by atoms with van der Waals surface area (Å²) in [7, 11) is 3.39. The van der Waals surface area contributed by atoms with E-state index in [4.69, 9.17) is 20.8 Å². The Kier molecular flexibility index (Phi) is 7.59. The van der Waals surface area contributed by atoms with Crippen molar-refractivity contribution in [2.45, 2.75) is 25.2 Å². The monoisotopic (exact) mass is 496 g/mol. The van der Waals surface area contributed by atoms with E-state index in [1.165, 1.54) is 11.8 Å². The van der Waals surface area contributed by atoms with Crippen LogP contribution in [-0.4, -0.2) is 45.5 Å². The van der Waals surface area contributed by atoms with Gasteiger partial charge in [0, 0.05) is 24.2 Å². The lowest BCUT2D eigenvalue weighted by Gasteiger charge is -2.15. The summed E-state index contributed by atoms with van der Waals surface area (Å²) in [5.41, 5.74) is 1.80. The SMILES string of the molecule is CCn1c(SCC(=O)N(C)Cc2ccc(-c3ccc(Cl)cc3)o2)nnc1-c1ccccc1OC. The predicted octanol–water partition coefficient (Wildman–Crippen LogP) is 5.64. The Morgan fingerprint density at radius 1 is 1.12 bits per heavy atom. The molecule has 0 fully saturated rings. The van der Waals surface area contributed by atoms with E-state index in [2.05, 4.69) is 10.2 Å². The van der Waals surface area contributed by atoms with Gasteiger partial charge in [-0.2, -0.15) is 0 Å². The van der Waals surface area contributed by atoms with Crippen molar-refractivity contribution in [3.63, 3.8) is 0 Å². The van der Waals surface area contributed by atoms with Crippen LogP contribution in [0, 0.1) is 0 Å². The average molecular weight is 497 g/mol. The molecule has 0 unspecified atom stereocenters. The number of halogens is 1. The van der Waals surface area contributed by atoms with E-state index >= 15 is 0 Å². The number of methoxy groups -OCH3 is 1. The van der Waals surface area contributed by atoms with Gasteiger partial charge in [-0.05, 0) is 55.5 Å². The van der Waals surface area contributed by atoms with Gasteiger partial charge >= 0.3 is 0 Å². The predicted molar refractivity (Wildman–Crippen MR) is 134 cm³/mol. The van der Waals surface area contributed by atoms with Gasteiger partial charge in [0.1, 0.15) is 17.3 Å². The molecule has 2 aromatic carbocycles. The molecule has 0 N–H and O–H groups in total. The van der Waals surface area contributed by atoms with Gasteiger partial charge in [0.15, 0.2) is 11.0 Å². The molecule has 0 saturated carbocycles. The Morgan fingerprint density at radius 3 is 2.62 bits per heavy atom. The molecule has 34 heavy (non-hydrogen) atoms. The number of carbonyl (C=O) groups is 1. The Hall–Kier alpha value is -3.23. The highest BCUT2D eigenvalue weighted by Crippen LogP contribution is 2.31. The molecule has 2 heterocycles. The molecule has 176 valence electrons. The Labute approximate surface area is 207 Å². The van der Waals surface area contributed by atoms with E-state index in [1.807, 2.05) is 72.2 Å². The topological polar surface area (TPSA) is 73.4 Å². The van der Waals surface area contributed by atoms with Gasteiger partial charge in [0.2, 0.25) is 5.91 Å². The molecule has 0 radical (unpaired) electrons. The molecule has 1 amide bonds. The minimum absolute atomic E-state index is 0.0288. The molecule has 0 saturated heterocycles. The van der Waals surface area contributed by atoms with E-state index in [0.717, 1.165) is 22.6 Å². The molecule has 0 aliphatic rings. The zero-order valence-corrected chi connectivity index (χ0v) is 20.8. The Bertz CT molecular complexity index is 1270. The summed E-state index contributed by atoms with van der Waals surface area (Å²) < 4.78 is 13.4. The van der Waals surface area contributed by atoms with Crippen LogP contribution < -0.4 is 4.74 Å². The van der Waals surface area contributed by atoms with E-state index < -0.39 is 0 Å². The number of amides is 1. The van der Waals surface area contributed by atoms with Crippen molar-refractivity contribution >= 4 is 29.3 Å². The number of carbonyl (C=O) groups excluding carboxylic acids is 1. The van der Waals surface area contributed by atoms with Crippen LogP contribution in [0.15, 0.2) is 70.2 Å². The maximum absolute atomic E-state index is 12.8. The smallest absolute Gasteiger partial charge is 0.233 e. The molecule has 2 aromatic heterocycles. The van der Waals surface area contributed by atoms with Crippen molar-refractivity contribution in [1.29, 1.82) is 0 Å². The highest BCUT2D eigenvalue weighted by atomic mass is 35.5. The minimum atomic E-state index is -0.0288. The first kappa shape index (κ1) is 23.9. The van der Waals surface area contributed by atoms with Crippen LogP contribution in [0.1, 0.15) is 12.7 Å². The van der Waals surface area contributed by atoms with Crippen molar-refractivity contribution in [2.75, 3.05) is 19.9 Å². The molecule has 0 aliphatic carbocycles. The normalized spacial score (nSPS) is 10.9. The van der Waals surface area contributed by atoms with Gasteiger partial charge in [-0.3, -0.25) is 4.79 Å². The van der Waals surface area contributed by atoms with Gasteiger partial charge in [-0.25, -0.2) is 0 Å². The van der Waals surface area contributed by atoms with Crippen LogP contribution in [0.25, 0.3) is 22.7 Å². The second kappa shape index (κ2) is 10.8. The quantitative estimate of drug-likeness (QED) is 0.279. The van der Waals surface area contributed by atoms with E-state index in [0.29, 0.717) is 34.9 Å². The number of nitrogens with zero attached hydrogens (tertiary/aromatic N) is 4. The van der Waals surface area contributed by atoms with Gasteiger partial charge in [0.25, 0.3) is 0 Å². The van der Waals surface area contributed by atoms with Crippen LogP contribution in [-0.2, 0) is 17.9 Å². The second-order valence-electron chi connectivity index (χ2n) is 7.56. The molecule has 0 spiro atoms. The average Bonchev–Trinajstić information content (AvgIpc) is 3.49. The van der Waals surface area contributed by atoms with Gasteiger partial charge < -0.3 is 18.6 Å². The fourth-order valence-corrected chi connectivity index (χ4v) is 4.57. The zero-order valence-electron chi connectivity index (χ0n) is 19.2. The summed E-state index contributed by atoms with van der Waals surface area (Å²) >= 11 is 7.32. The van der Waals surface area contributed by atoms with Crippen molar-refractivity contribution in [2.24, 2.45) is 0 Å². The number of rotatable bonds is 9. The molecule has 0 atom stereocenters. The molecular weight excluding hydrogens is 472 g/mol. The number of furan rings is 1. The molecule has 4 aromatic rings. The molecule has 7 nitrogen and oxygen atoms in total. The molecule has 0 aliphatic heterocycles. The fourth-order valence-electron chi connectivity index (χ4n) is 3.50. The number of ether oxygens (including phenoxy) is 1. The van der Waals surface area contributed by atoms with Gasteiger partial charge in [-0.15, -0.1) is 10.2 Å². The minimum Gasteiger partial charge on any atom is -0.496 e. The summed E-state index contributed by atoms with van der Waals surface area (Å²) in [6.07, 6.45) is 0. The first-order valence-corrected chi connectivity index (χ1v) is 12.1. The first-order chi connectivity index (χ1) is 16.5. The van der Waals surface area contributed by atoms with Gasteiger partial charge in [0.05, 0.1) is 25.0 Å². The molecular formula is C25H25ClN4O3S. The standard InChI is InChI=1S/C25H25ClN4O3S/c1-4-30-24(20-7-5-6-8-22(20)32-3)27-28-25(30)34-16-23(31)29(2)15-19-13-14-21(33-19)17-9-11-18(26)12-10-17/h5-14H,4,15-16H2,1-3H3. The highest BCUT2D eigenvalue weighted by molar-refractivity contribution is 7.99. The van der Waals surface area contributed by atoms with E-state index in [-0.39, 0.29) is 11.7 Å². The maximum Gasteiger partial charge on any atom is 0.233 e. The lowest BCUT2D eigenvalue weighted by atomic mass is 10.2. The summed E-state index contributed by atoms with van der Waals surface area (Å²) in [4.78, 5) is 14.4. The highest BCUT2D eigenvalue weighted by Gasteiger charge is 2.19. The number of benzene rings is 2. The molecule has 4 rings (SSSR count). The maximum atomic E-state index is 12.8. The van der Waals surface area contributed by atoms with Crippen molar-refractivity contribution in [3.05, 3.63) is 71.4 Å². The lowest BCUT2D eigenvalue weighted by Crippen LogP contribution is -2.27. The van der Waals surface area contributed by atoms with Crippen LogP contribution in [0.5, 0.6) is 5.75 Å². The number of hydrogen-bond acceptors (Lipinski definition) is 6.